The van der Waals surface area contributed by atoms with Crippen molar-refractivity contribution >= 4 is 82.5 Å². The van der Waals surface area contributed by atoms with E-state index in [9.17, 15) is 24.0 Å². The van der Waals surface area contributed by atoms with Crippen LogP contribution in [0.4, 0.5) is 31.9 Å². The highest BCUT2D eigenvalue weighted by Gasteiger charge is 2.42. The van der Waals surface area contributed by atoms with Crippen LogP contribution in [0, 0.1) is 18.6 Å². The molecule has 1 aromatic carbocycles. The van der Waals surface area contributed by atoms with Crippen LogP contribution in [0.2, 0.25) is 0 Å². The Morgan fingerprint density at radius 1 is 0.873 bits per heavy atom. The number of amides is 3. The number of pyridine rings is 2. The van der Waals surface area contributed by atoms with Gasteiger partial charge in [-0.05, 0) is 56.9 Å². The number of rotatable bonds is 10. The van der Waals surface area contributed by atoms with E-state index in [0.717, 1.165) is 76.7 Å². The molecule has 0 radical (unpaired) electrons. The summed E-state index contributed by atoms with van der Waals surface area (Å²) in [6, 6.07) is 4.08. The van der Waals surface area contributed by atoms with Gasteiger partial charge in [-0.2, -0.15) is 4.98 Å². The summed E-state index contributed by atoms with van der Waals surface area (Å²) in [5, 5.41) is 6.12. The lowest BCUT2D eigenvalue weighted by Crippen LogP contribution is -2.52. The lowest BCUT2D eigenvalue weighted by atomic mass is 10.0. The molecule has 3 aromatic heterocycles. The largest absolute Gasteiger partial charge is 0.368 e. The van der Waals surface area contributed by atoms with Gasteiger partial charge in [-0.1, -0.05) is 12.8 Å². The molecule has 16 nitrogen and oxygen atoms in total. The highest BCUT2D eigenvalue weighted by atomic mass is 35.5. The molecule has 9 rings (SSSR count). The molecule has 1 aliphatic carbocycles. The van der Waals surface area contributed by atoms with Gasteiger partial charge in [0.2, 0.25) is 17.8 Å². The average molecular weight is 911 g/mol. The molecule has 1 atom stereocenters. The molecule has 0 spiro atoms. The number of anilines is 4. The predicted molar refractivity (Wildman–Crippen MR) is 238 cm³/mol. The van der Waals surface area contributed by atoms with Crippen molar-refractivity contribution in [3.05, 3.63) is 74.8 Å². The Morgan fingerprint density at radius 2 is 1.54 bits per heavy atom. The Balaban J connectivity index is 0.00000298. The number of aryl methyl sites for hydroxylation is 1. The summed E-state index contributed by atoms with van der Waals surface area (Å²) in [5.41, 5.74) is 1.91. The van der Waals surface area contributed by atoms with E-state index in [1.54, 1.807) is 22.6 Å². The van der Waals surface area contributed by atoms with Crippen LogP contribution in [-0.2, 0) is 16.1 Å². The van der Waals surface area contributed by atoms with E-state index < -0.39 is 35.4 Å². The zero-order valence-corrected chi connectivity index (χ0v) is 36.8. The van der Waals surface area contributed by atoms with Crippen LogP contribution in [0.3, 0.4) is 0 Å². The van der Waals surface area contributed by atoms with Gasteiger partial charge in [0.25, 0.3) is 11.5 Å². The van der Waals surface area contributed by atoms with E-state index in [4.69, 9.17) is 4.98 Å². The zero-order chi connectivity index (χ0) is 42.5. The molecule has 1 saturated carbocycles. The molecule has 2 N–H and O–H groups in total. The highest BCUT2D eigenvalue weighted by Crippen LogP contribution is 2.37. The van der Waals surface area contributed by atoms with Crippen LogP contribution >= 0.6 is 24.8 Å². The Kier molecular flexibility index (Phi) is 13.7. The van der Waals surface area contributed by atoms with Gasteiger partial charge < -0.3 is 20.0 Å². The van der Waals surface area contributed by atoms with Crippen LogP contribution in [0.5, 0.6) is 0 Å². The monoisotopic (exact) mass is 909 g/mol. The van der Waals surface area contributed by atoms with Crippen molar-refractivity contribution < 1.29 is 28.0 Å². The number of nitrogens with one attached hydrogen (secondary N) is 2. The van der Waals surface area contributed by atoms with Gasteiger partial charge in [0.1, 0.15) is 29.0 Å². The number of ketones is 1. The summed E-state index contributed by atoms with van der Waals surface area (Å²) in [6.45, 7) is 10.3. The van der Waals surface area contributed by atoms with Crippen molar-refractivity contribution in [3.8, 4) is 0 Å². The first-order chi connectivity index (χ1) is 29.4. The number of imide groups is 1. The fraction of sp³-hybridized carbons (Fsp3) is 0.488. The van der Waals surface area contributed by atoms with E-state index in [-0.39, 0.29) is 84.0 Å². The van der Waals surface area contributed by atoms with Crippen LogP contribution in [0.25, 0.3) is 11.0 Å². The SMILES string of the molecule is CC(=O)c1c(C)c2cnc(Nc3ccc(N4CCN(CCN5CCN(c6c(F)cc7c(c6F)CN(C6CCC(=O)NC6=O)C7=O)CC5)CC4)cn3)nc2n(C2CCCC2)c1=O.Cl.Cl. The van der Waals surface area contributed by atoms with Crippen LogP contribution in [-0.4, -0.2) is 129 Å². The lowest BCUT2D eigenvalue weighted by Gasteiger charge is -2.39. The number of hydrogen-bond acceptors (Lipinski definition) is 13. The van der Waals surface area contributed by atoms with E-state index >= 15 is 8.78 Å². The number of aromatic nitrogens is 4. The first-order valence-electron chi connectivity index (χ1n) is 21.2. The molecule has 63 heavy (non-hydrogen) atoms. The number of benzene rings is 1. The predicted octanol–water partition coefficient (Wildman–Crippen LogP) is 4.38. The van der Waals surface area contributed by atoms with Gasteiger partial charge in [-0.15, -0.1) is 24.8 Å². The Morgan fingerprint density at radius 3 is 2.16 bits per heavy atom. The Bertz CT molecular complexity index is 2490. The maximum absolute atomic E-state index is 15.9. The first kappa shape index (κ1) is 45.7. The standard InChI is InChI=1S/C43H49F2N11O5.2ClH/c1-25-30-23-47-43(50-39(30)56(27-5-3-4-6-27)42(61)36(25)26(2)57)48-34-9-7-28(22-46-34)53-17-13-51(14-18-53)11-12-52-15-19-54(20-16-52)38-32(44)21-29-31(37(38)45)24-55(41(29)60)33-8-10-35(58)49-40(33)59;;/h7,9,21-23,27,33H,3-6,8,10-20,24H2,1-2H3,(H,49,58,59)(H,46,47,48,50);2*1H. The van der Waals surface area contributed by atoms with Gasteiger partial charge in [-0.25, -0.2) is 18.7 Å². The van der Waals surface area contributed by atoms with Crippen molar-refractivity contribution in [1.82, 2.24) is 39.5 Å². The van der Waals surface area contributed by atoms with E-state index in [1.807, 2.05) is 18.3 Å². The molecule has 5 aliphatic rings. The molecule has 0 bridgehead atoms. The second-order valence-electron chi connectivity index (χ2n) is 16.7. The third-order valence-electron chi connectivity index (χ3n) is 13.1. The number of Topliss-reactive ketones (excluding diaryl/α,β-unsaturated/α-hetero) is 1. The third-order valence-corrected chi connectivity index (χ3v) is 13.1. The summed E-state index contributed by atoms with van der Waals surface area (Å²) in [5.74, 6) is -2.54. The Labute approximate surface area is 375 Å². The van der Waals surface area contributed by atoms with Gasteiger partial charge >= 0.3 is 0 Å². The van der Waals surface area contributed by atoms with Crippen LogP contribution < -0.4 is 26.0 Å². The number of piperazine rings is 2. The smallest absolute Gasteiger partial charge is 0.263 e. The molecular formula is C43H51Cl2F2N11O5. The van der Waals surface area contributed by atoms with Crippen molar-refractivity contribution in [2.45, 2.75) is 71.0 Å². The summed E-state index contributed by atoms with van der Waals surface area (Å²) in [6.07, 6.45) is 7.52. The number of piperidine rings is 1. The average Bonchev–Trinajstić information content (AvgIpc) is 3.89. The quantitative estimate of drug-likeness (QED) is 0.170. The fourth-order valence-corrected chi connectivity index (χ4v) is 9.69. The van der Waals surface area contributed by atoms with Crippen molar-refractivity contribution in [2.75, 3.05) is 80.6 Å². The van der Waals surface area contributed by atoms with Crippen molar-refractivity contribution in [2.24, 2.45) is 0 Å². The maximum Gasteiger partial charge on any atom is 0.263 e. The number of carbonyl (C=O) groups excluding carboxylic acids is 4. The highest BCUT2D eigenvalue weighted by molar-refractivity contribution is 6.05. The molecule has 3 amide bonds. The number of halogens is 4. The zero-order valence-electron chi connectivity index (χ0n) is 35.2. The molecule has 7 heterocycles. The molecule has 336 valence electrons. The molecule has 4 aromatic rings. The van der Waals surface area contributed by atoms with Gasteiger partial charge in [0, 0.05) is 95.1 Å². The summed E-state index contributed by atoms with van der Waals surface area (Å²) < 4.78 is 33.1. The van der Waals surface area contributed by atoms with Gasteiger partial charge in [0.15, 0.2) is 11.6 Å². The Hall–Kier alpha value is -5.30. The van der Waals surface area contributed by atoms with Crippen molar-refractivity contribution in [3.63, 3.8) is 0 Å². The minimum atomic E-state index is -0.901. The first-order valence-corrected chi connectivity index (χ1v) is 21.2. The normalized spacial score (nSPS) is 19.8. The summed E-state index contributed by atoms with van der Waals surface area (Å²) in [7, 11) is 0. The summed E-state index contributed by atoms with van der Waals surface area (Å²) >= 11 is 0. The molecule has 1 unspecified atom stereocenters. The van der Waals surface area contributed by atoms with Gasteiger partial charge in [0.05, 0.1) is 29.6 Å². The lowest BCUT2D eigenvalue weighted by molar-refractivity contribution is -0.136. The van der Waals surface area contributed by atoms with Crippen LogP contribution in [0.15, 0.2) is 35.4 Å². The second kappa shape index (κ2) is 18.8. The third kappa shape index (κ3) is 8.82. The molecule has 4 fully saturated rings. The summed E-state index contributed by atoms with van der Waals surface area (Å²) in [4.78, 5) is 87.1. The maximum atomic E-state index is 15.9. The number of carbonyl (C=O) groups is 4. The van der Waals surface area contributed by atoms with Crippen molar-refractivity contribution in [1.29, 1.82) is 0 Å². The van der Waals surface area contributed by atoms with E-state index in [1.165, 1.54) is 11.8 Å². The van der Waals surface area contributed by atoms with Gasteiger partial charge in [-0.3, -0.25) is 43.7 Å². The molecule has 4 aliphatic heterocycles. The molecule has 3 saturated heterocycles. The van der Waals surface area contributed by atoms with Crippen LogP contribution in [0.1, 0.15) is 83.3 Å². The minimum Gasteiger partial charge on any atom is -0.368 e. The second-order valence-corrected chi connectivity index (χ2v) is 16.7. The fourth-order valence-electron chi connectivity index (χ4n) is 9.69. The number of nitrogens with zero attached hydrogens (tertiary/aromatic N) is 9. The number of hydrogen-bond donors (Lipinski definition) is 2. The topological polar surface area (TPSA) is 169 Å². The molecule has 20 heteroatoms. The minimum absolute atomic E-state index is 0. The number of fused-ring (bicyclic) bond motifs is 2. The van der Waals surface area contributed by atoms with E-state index in [0.29, 0.717) is 54.5 Å². The molecular weight excluding hydrogens is 859 g/mol. The van der Waals surface area contributed by atoms with E-state index in [2.05, 4.69) is 35.3 Å².